The average Bonchev–Trinajstić information content (AvgIpc) is 2.54. The molecule has 5 nitrogen and oxygen atoms in total. The van der Waals surface area contributed by atoms with Gasteiger partial charge in [0.2, 0.25) is 0 Å². The van der Waals surface area contributed by atoms with Gasteiger partial charge in [-0.1, -0.05) is 24.6 Å². The first kappa shape index (κ1) is 17.0. The normalized spacial score (nSPS) is 19.8. The molecule has 1 fully saturated rings. The third-order valence-corrected chi connectivity index (χ3v) is 5.63. The maximum atomic E-state index is 12.3. The molecule has 0 spiro atoms. The maximum Gasteiger partial charge on any atom is 0.323 e. The van der Waals surface area contributed by atoms with Gasteiger partial charge in [-0.25, -0.2) is 8.42 Å². The Hall–Kier alpha value is -1.40. The zero-order chi connectivity index (χ0) is 16.0. The topological polar surface area (TPSA) is 63.7 Å². The predicted octanol–water partition coefficient (Wildman–Crippen LogP) is 1.88. The Morgan fingerprint density at radius 2 is 2.00 bits per heavy atom. The number of carbonyl (C=O) groups is 1. The minimum atomic E-state index is -3.31. The number of esters is 1. The third-order valence-electron chi connectivity index (χ3n) is 3.92. The van der Waals surface area contributed by atoms with Crippen LogP contribution in [0.3, 0.4) is 0 Å². The van der Waals surface area contributed by atoms with Gasteiger partial charge in [0.25, 0.3) is 0 Å². The van der Waals surface area contributed by atoms with Crippen molar-refractivity contribution in [1.82, 2.24) is 4.90 Å². The van der Waals surface area contributed by atoms with Crippen LogP contribution in [-0.4, -0.2) is 50.8 Å². The average molecular weight is 325 g/mol. The first-order valence-corrected chi connectivity index (χ1v) is 9.38. The molecule has 22 heavy (non-hydrogen) atoms. The first-order chi connectivity index (χ1) is 10.5. The van der Waals surface area contributed by atoms with E-state index in [2.05, 4.69) is 0 Å². The molecule has 1 atom stereocenters. The van der Waals surface area contributed by atoms with Gasteiger partial charge >= 0.3 is 5.97 Å². The standard InChI is InChI=1S/C16H23NO4S/c1-2-21-16(18)15-10-6-7-11-17(15)12-13-22(19,20)14-8-4-3-5-9-14/h3-5,8-9,15H,2,6-7,10-13H2,1H3. The van der Waals surface area contributed by atoms with E-state index in [0.717, 1.165) is 25.8 Å². The van der Waals surface area contributed by atoms with Crippen LogP contribution in [0, 0.1) is 0 Å². The van der Waals surface area contributed by atoms with Gasteiger partial charge in [-0.2, -0.15) is 0 Å². The van der Waals surface area contributed by atoms with Crippen molar-refractivity contribution in [2.75, 3.05) is 25.4 Å². The van der Waals surface area contributed by atoms with Crippen molar-refractivity contribution < 1.29 is 17.9 Å². The summed E-state index contributed by atoms with van der Waals surface area (Å²) >= 11 is 0. The molecule has 1 aromatic rings. The Labute approximate surface area is 132 Å². The SMILES string of the molecule is CCOC(=O)C1CCCCN1CCS(=O)(=O)c1ccccc1. The molecule has 1 saturated heterocycles. The fourth-order valence-corrected chi connectivity index (χ4v) is 4.03. The number of hydrogen-bond donors (Lipinski definition) is 0. The second-order valence-corrected chi connectivity index (χ2v) is 7.54. The van der Waals surface area contributed by atoms with Crippen LogP contribution >= 0.6 is 0 Å². The number of sulfone groups is 1. The maximum absolute atomic E-state index is 12.3. The quantitative estimate of drug-likeness (QED) is 0.747. The van der Waals surface area contributed by atoms with Crippen molar-refractivity contribution in [3.63, 3.8) is 0 Å². The van der Waals surface area contributed by atoms with Crippen molar-refractivity contribution in [2.45, 2.75) is 37.1 Å². The van der Waals surface area contributed by atoms with Crippen LogP contribution < -0.4 is 0 Å². The molecule has 0 aromatic heterocycles. The summed E-state index contributed by atoms with van der Waals surface area (Å²) in [6.45, 7) is 3.24. The summed E-state index contributed by atoms with van der Waals surface area (Å²) in [5.74, 6) is -0.216. The van der Waals surface area contributed by atoms with E-state index in [0.29, 0.717) is 18.0 Å². The van der Waals surface area contributed by atoms with Crippen molar-refractivity contribution in [3.8, 4) is 0 Å². The summed E-state index contributed by atoms with van der Waals surface area (Å²) in [4.78, 5) is 14.3. The van der Waals surface area contributed by atoms with Gasteiger partial charge in [0.05, 0.1) is 17.3 Å². The van der Waals surface area contributed by atoms with Crippen LogP contribution in [-0.2, 0) is 19.4 Å². The second kappa shape index (κ2) is 7.74. The Kier molecular flexibility index (Phi) is 5.97. The monoisotopic (exact) mass is 325 g/mol. The van der Waals surface area contributed by atoms with Gasteiger partial charge < -0.3 is 4.74 Å². The fourth-order valence-electron chi connectivity index (χ4n) is 2.75. The van der Waals surface area contributed by atoms with E-state index >= 15 is 0 Å². The summed E-state index contributed by atoms with van der Waals surface area (Å²) in [6.07, 6.45) is 2.71. The van der Waals surface area contributed by atoms with Crippen LogP contribution in [0.1, 0.15) is 26.2 Å². The number of piperidine rings is 1. The molecule has 1 aliphatic heterocycles. The molecular weight excluding hydrogens is 302 g/mol. The van der Waals surface area contributed by atoms with E-state index in [1.165, 1.54) is 0 Å². The Morgan fingerprint density at radius 3 is 2.68 bits per heavy atom. The molecule has 0 saturated carbocycles. The number of ether oxygens (including phenoxy) is 1. The van der Waals surface area contributed by atoms with Crippen LogP contribution in [0.5, 0.6) is 0 Å². The van der Waals surface area contributed by atoms with Crippen LogP contribution in [0.25, 0.3) is 0 Å². The highest BCUT2D eigenvalue weighted by atomic mass is 32.2. The smallest absolute Gasteiger partial charge is 0.323 e. The van der Waals surface area contributed by atoms with Crippen LogP contribution in [0.4, 0.5) is 0 Å². The lowest BCUT2D eigenvalue weighted by Gasteiger charge is -2.33. The van der Waals surface area contributed by atoms with E-state index in [1.54, 1.807) is 37.3 Å². The first-order valence-electron chi connectivity index (χ1n) is 7.73. The van der Waals surface area contributed by atoms with Gasteiger partial charge in [0, 0.05) is 6.54 Å². The van der Waals surface area contributed by atoms with Gasteiger partial charge in [-0.05, 0) is 38.4 Å². The van der Waals surface area contributed by atoms with Gasteiger partial charge in [0.1, 0.15) is 6.04 Å². The van der Waals surface area contributed by atoms with Crippen molar-refractivity contribution in [3.05, 3.63) is 30.3 Å². The predicted molar refractivity (Wildman–Crippen MR) is 84.3 cm³/mol. The lowest BCUT2D eigenvalue weighted by molar-refractivity contribution is -0.150. The molecule has 0 aliphatic carbocycles. The van der Waals surface area contributed by atoms with Crippen molar-refractivity contribution in [1.29, 1.82) is 0 Å². The number of hydrogen-bond acceptors (Lipinski definition) is 5. The number of likely N-dealkylation sites (tertiary alicyclic amines) is 1. The zero-order valence-electron chi connectivity index (χ0n) is 12.9. The van der Waals surface area contributed by atoms with Gasteiger partial charge in [-0.15, -0.1) is 0 Å². The molecule has 0 bridgehead atoms. The summed E-state index contributed by atoms with van der Waals surface area (Å²) in [7, 11) is -3.31. The van der Waals surface area contributed by atoms with Crippen LogP contribution in [0.2, 0.25) is 0 Å². The Morgan fingerprint density at radius 1 is 1.27 bits per heavy atom. The molecule has 122 valence electrons. The molecule has 0 amide bonds. The summed E-state index contributed by atoms with van der Waals surface area (Å²) in [5, 5.41) is 0. The second-order valence-electron chi connectivity index (χ2n) is 5.43. The summed E-state index contributed by atoms with van der Waals surface area (Å²) in [5.41, 5.74) is 0. The molecule has 1 aliphatic rings. The number of nitrogens with zero attached hydrogens (tertiary/aromatic N) is 1. The lowest BCUT2D eigenvalue weighted by Crippen LogP contribution is -2.47. The lowest BCUT2D eigenvalue weighted by atomic mass is 10.0. The van der Waals surface area contributed by atoms with E-state index in [1.807, 2.05) is 4.90 Å². The molecule has 0 radical (unpaired) electrons. The van der Waals surface area contributed by atoms with Crippen molar-refractivity contribution in [2.24, 2.45) is 0 Å². The molecule has 1 heterocycles. The van der Waals surface area contributed by atoms with E-state index in [9.17, 15) is 13.2 Å². The number of benzene rings is 1. The van der Waals surface area contributed by atoms with E-state index in [4.69, 9.17) is 4.74 Å². The number of carbonyl (C=O) groups excluding carboxylic acids is 1. The highest BCUT2D eigenvalue weighted by Crippen LogP contribution is 2.19. The van der Waals surface area contributed by atoms with Gasteiger partial charge in [0.15, 0.2) is 9.84 Å². The molecule has 0 N–H and O–H groups in total. The minimum absolute atomic E-state index is 0.0208. The zero-order valence-corrected chi connectivity index (χ0v) is 13.7. The number of rotatable bonds is 6. The third kappa shape index (κ3) is 4.30. The van der Waals surface area contributed by atoms with E-state index < -0.39 is 9.84 Å². The van der Waals surface area contributed by atoms with Gasteiger partial charge in [-0.3, -0.25) is 9.69 Å². The van der Waals surface area contributed by atoms with E-state index in [-0.39, 0.29) is 17.8 Å². The molecule has 2 rings (SSSR count). The molecule has 1 aromatic carbocycles. The molecular formula is C16H23NO4S. The Balaban J connectivity index is 2.01. The molecule has 6 heteroatoms. The fraction of sp³-hybridized carbons (Fsp3) is 0.562. The largest absolute Gasteiger partial charge is 0.465 e. The molecule has 1 unspecified atom stereocenters. The summed E-state index contributed by atoms with van der Waals surface area (Å²) < 4.78 is 29.8. The highest BCUT2D eigenvalue weighted by Gasteiger charge is 2.30. The van der Waals surface area contributed by atoms with Crippen LogP contribution in [0.15, 0.2) is 35.2 Å². The minimum Gasteiger partial charge on any atom is -0.465 e. The summed E-state index contributed by atoms with van der Waals surface area (Å²) in [6, 6.07) is 8.13. The Bertz CT molecular complexity index is 585. The van der Waals surface area contributed by atoms with Crippen molar-refractivity contribution >= 4 is 15.8 Å². The highest BCUT2D eigenvalue weighted by molar-refractivity contribution is 7.91.